The van der Waals surface area contributed by atoms with Crippen molar-refractivity contribution in [3.05, 3.63) is 108 Å². The highest BCUT2D eigenvalue weighted by molar-refractivity contribution is 5.90. The van der Waals surface area contributed by atoms with E-state index in [2.05, 4.69) is 0 Å². The summed E-state index contributed by atoms with van der Waals surface area (Å²) in [6.07, 6.45) is -13.9. The molecule has 3 aliphatic heterocycles. The largest absolute Gasteiger partial charge is 0.463 e. The van der Waals surface area contributed by atoms with Crippen molar-refractivity contribution in [1.29, 1.82) is 0 Å². The molecule has 10 atom stereocenters. The molecule has 0 amide bonds. The molecule has 6 rings (SSSR count). The van der Waals surface area contributed by atoms with Crippen molar-refractivity contribution >= 4 is 29.7 Å². The number of Topliss-reactive ketones (excluding diaryl/α,β-unsaturated/α-hetero) is 1. The number of fused-ring (bicyclic) bond motifs is 1. The lowest BCUT2D eigenvalue weighted by Gasteiger charge is -2.47. The predicted molar refractivity (Wildman–Crippen MR) is 202 cm³/mol. The quantitative estimate of drug-likeness (QED) is 0.161. The lowest BCUT2D eigenvalue weighted by Crippen LogP contribution is -2.66. The van der Waals surface area contributed by atoms with Crippen molar-refractivity contribution in [2.45, 2.75) is 114 Å². The maximum absolute atomic E-state index is 13.9. The molecule has 1 N–H and O–H groups in total. The van der Waals surface area contributed by atoms with Crippen LogP contribution in [-0.4, -0.2) is 115 Å². The number of hydrogen-bond acceptors (Lipinski definition) is 16. The Morgan fingerprint density at radius 2 is 1.20 bits per heavy atom. The Labute approximate surface area is 340 Å². The van der Waals surface area contributed by atoms with Gasteiger partial charge in [0.2, 0.25) is 0 Å². The molecule has 0 unspecified atom stereocenters. The van der Waals surface area contributed by atoms with Gasteiger partial charge in [0.15, 0.2) is 36.7 Å². The highest BCUT2D eigenvalue weighted by atomic mass is 16.8. The van der Waals surface area contributed by atoms with Gasteiger partial charge in [-0.1, -0.05) is 66.7 Å². The van der Waals surface area contributed by atoms with Crippen LogP contribution in [0.4, 0.5) is 0 Å². The first-order valence-electron chi connectivity index (χ1n) is 19.2. The SMILES string of the molecule is CC(=O)CCC(=O)O[C@H]1[C@H](O[C@H]2[C@H](OC(=O)c3ccccc3)[C@@H](OC(=O)c3ccccc3)[C@H](OCc3ccccc3)O[C@@H]2CO)O[C@H](COC(C)=O)[C@@H]2OC(C)(C)O[C@@H]21. The monoisotopic (exact) mass is 820 g/mol. The average molecular weight is 821 g/mol. The first-order chi connectivity index (χ1) is 28.3. The zero-order chi connectivity index (χ0) is 42.1. The second-order valence-electron chi connectivity index (χ2n) is 14.7. The van der Waals surface area contributed by atoms with Gasteiger partial charge < -0.3 is 57.3 Å². The lowest BCUT2D eigenvalue weighted by atomic mass is 9.96. The number of esters is 4. The molecule has 3 heterocycles. The van der Waals surface area contributed by atoms with Gasteiger partial charge >= 0.3 is 23.9 Å². The summed E-state index contributed by atoms with van der Waals surface area (Å²) in [5, 5.41) is 10.9. The fraction of sp³-hybridized carbons (Fsp3) is 0.465. The third kappa shape index (κ3) is 11.4. The Kier molecular flexibility index (Phi) is 14.6. The lowest BCUT2D eigenvalue weighted by molar-refractivity contribution is -0.353. The second kappa shape index (κ2) is 19.8. The summed E-state index contributed by atoms with van der Waals surface area (Å²) in [7, 11) is 0. The Morgan fingerprint density at radius 3 is 1.78 bits per heavy atom. The zero-order valence-corrected chi connectivity index (χ0v) is 33.0. The van der Waals surface area contributed by atoms with Crippen molar-refractivity contribution < 1.29 is 76.4 Å². The molecule has 3 fully saturated rings. The number of aliphatic hydroxyl groups excluding tert-OH is 1. The van der Waals surface area contributed by atoms with E-state index in [1.807, 2.05) is 30.3 Å². The standard InChI is InChI=1S/C43H48O16/c1-25(45)20-21-32(47)54-38-36-34(58-43(3,4)59-36)31(24-50-26(2)46)53-42(38)57-33-30(22-44)52-41(51-23-27-14-8-5-9-15-27)37(56-40(49)29-18-12-7-13-19-29)35(33)55-39(48)28-16-10-6-11-17-28/h5-19,30-31,33-38,41-42,44H,20-24H2,1-4H3/t30-,31-,33-,34+,35+,36+,37-,38-,41-,42+/m1/s1. The zero-order valence-electron chi connectivity index (χ0n) is 33.0. The van der Waals surface area contributed by atoms with Crippen LogP contribution in [0.5, 0.6) is 0 Å². The van der Waals surface area contributed by atoms with Crippen LogP contribution in [0, 0.1) is 0 Å². The van der Waals surface area contributed by atoms with Crippen LogP contribution in [0.15, 0.2) is 91.0 Å². The number of hydrogen-bond donors (Lipinski definition) is 1. The van der Waals surface area contributed by atoms with Crippen molar-refractivity contribution in [2.24, 2.45) is 0 Å². The van der Waals surface area contributed by atoms with E-state index in [4.69, 9.17) is 47.4 Å². The van der Waals surface area contributed by atoms with Crippen molar-refractivity contribution in [1.82, 2.24) is 0 Å². The van der Waals surface area contributed by atoms with Gasteiger partial charge in [-0.25, -0.2) is 9.59 Å². The molecule has 3 aromatic carbocycles. The molecular weight excluding hydrogens is 772 g/mol. The molecule has 0 radical (unpaired) electrons. The fourth-order valence-corrected chi connectivity index (χ4v) is 6.92. The summed E-state index contributed by atoms with van der Waals surface area (Å²) >= 11 is 0. The molecule has 316 valence electrons. The van der Waals surface area contributed by atoms with Crippen LogP contribution in [-0.2, 0) is 68.4 Å². The predicted octanol–water partition coefficient (Wildman–Crippen LogP) is 3.85. The number of ketones is 1. The normalized spacial score (nSPS) is 28.4. The van der Waals surface area contributed by atoms with E-state index in [0.717, 1.165) is 5.56 Å². The van der Waals surface area contributed by atoms with Gasteiger partial charge in [-0.3, -0.25) is 9.59 Å². The minimum absolute atomic E-state index is 0.0357. The summed E-state index contributed by atoms with van der Waals surface area (Å²) in [6, 6.07) is 25.2. The van der Waals surface area contributed by atoms with Gasteiger partial charge in [-0.2, -0.15) is 0 Å². The van der Waals surface area contributed by atoms with Crippen LogP contribution < -0.4 is 0 Å². The first kappa shape index (κ1) is 43.5. The number of carbonyl (C=O) groups excluding carboxylic acids is 5. The van der Waals surface area contributed by atoms with E-state index < -0.39 is 97.7 Å². The van der Waals surface area contributed by atoms with E-state index >= 15 is 0 Å². The fourth-order valence-electron chi connectivity index (χ4n) is 6.92. The molecule has 0 bridgehead atoms. The van der Waals surface area contributed by atoms with Gasteiger partial charge in [0.05, 0.1) is 30.8 Å². The maximum atomic E-state index is 13.9. The Balaban J connectivity index is 1.40. The van der Waals surface area contributed by atoms with E-state index in [-0.39, 0.29) is 43.0 Å². The minimum atomic E-state index is -1.61. The number of rotatable bonds is 16. The molecule has 59 heavy (non-hydrogen) atoms. The molecule has 3 saturated heterocycles. The molecule has 0 aromatic heterocycles. The molecular formula is C43H48O16. The van der Waals surface area contributed by atoms with Crippen LogP contribution in [0.1, 0.15) is 66.8 Å². The molecule has 0 aliphatic carbocycles. The van der Waals surface area contributed by atoms with Gasteiger partial charge in [0, 0.05) is 13.3 Å². The number of aliphatic hydroxyl groups is 1. The minimum Gasteiger partial charge on any atom is -0.463 e. The van der Waals surface area contributed by atoms with E-state index in [0.29, 0.717) is 0 Å². The Bertz CT molecular complexity index is 1890. The molecule has 0 saturated carbocycles. The van der Waals surface area contributed by atoms with E-state index in [1.54, 1.807) is 50.2 Å². The summed E-state index contributed by atoms with van der Waals surface area (Å²) in [5.41, 5.74) is 1.04. The second-order valence-corrected chi connectivity index (χ2v) is 14.7. The number of carbonyl (C=O) groups is 5. The summed E-state index contributed by atoms with van der Waals surface area (Å²) < 4.78 is 61.3. The van der Waals surface area contributed by atoms with Gasteiger partial charge in [0.25, 0.3) is 0 Å². The van der Waals surface area contributed by atoms with Gasteiger partial charge in [-0.05, 0) is 50.6 Å². The van der Waals surface area contributed by atoms with Crippen LogP contribution in [0.25, 0.3) is 0 Å². The molecule has 0 spiro atoms. The van der Waals surface area contributed by atoms with Crippen molar-refractivity contribution in [2.75, 3.05) is 13.2 Å². The smallest absolute Gasteiger partial charge is 0.338 e. The summed E-state index contributed by atoms with van der Waals surface area (Å²) in [6.45, 7) is 4.72. The number of benzene rings is 3. The van der Waals surface area contributed by atoms with Crippen LogP contribution in [0.3, 0.4) is 0 Å². The summed E-state index contributed by atoms with van der Waals surface area (Å²) in [5.74, 6) is -4.54. The van der Waals surface area contributed by atoms with Crippen molar-refractivity contribution in [3.8, 4) is 0 Å². The first-order valence-corrected chi connectivity index (χ1v) is 19.2. The Hall–Kier alpha value is -5.07. The number of ether oxygens (including phenoxy) is 10. The molecule has 16 nitrogen and oxygen atoms in total. The highest BCUT2D eigenvalue weighted by Crippen LogP contribution is 2.41. The van der Waals surface area contributed by atoms with Gasteiger partial charge in [0.1, 0.15) is 42.9 Å². The third-order valence-electron chi connectivity index (χ3n) is 9.66. The van der Waals surface area contributed by atoms with E-state index in [9.17, 15) is 29.1 Å². The Morgan fingerprint density at radius 1 is 0.644 bits per heavy atom. The van der Waals surface area contributed by atoms with Gasteiger partial charge in [-0.15, -0.1) is 0 Å². The molecule has 16 heteroatoms. The average Bonchev–Trinajstić information content (AvgIpc) is 3.56. The van der Waals surface area contributed by atoms with Crippen molar-refractivity contribution in [3.63, 3.8) is 0 Å². The topological polar surface area (TPSA) is 198 Å². The summed E-state index contributed by atoms with van der Waals surface area (Å²) in [4.78, 5) is 64.7. The third-order valence-corrected chi connectivity index (χ3v) is 9.66. The van der Waals surface area contributed by atoms with Crippen LogP contribution >= 0.6 is 0 Å². The maximum Gasteiger partial charge on any atom is 0.338 e. The molecule has 3 aromatic rings. The molecule has 3 aliphatic rings. The van der Waals surface area contributed by atoms with Crippen LogP contribution in [0.2, 0.25) is 0 Å². The van der Waals surface area contributed by atoms with E-state index in [1.165, 1.54) is 38.1 Å². The highest BCUT2D eigenvalue weighted by Gasteiger charge is 2.60.